The van der Waals surface area contributed by atoms with E-state index in [-0.39, 0.29) is 18.4 Å². The number of likely N-dealkylation sites (N-methyl/N-ethyl adjacent to an activating group) is 1. The van der Waals surface area contributed by atoms with Crippen molar-refractivity contribution in [2.24, 2.45) is 0 Å². The van der Waals surface area contributed by atoms with Gasteiger partial charge in [0.05, 0.1) is 19.2 Å². The van der Waals surface area contributed by atoms with Crippen molar-refractivity contribution < 1.29 is 19.5 Å². The molecule has 29 heavy (non-hydrogen) atoms. The molecule has 3 fully saturated rings. The Balaban J connectivity index is 1.38. The molecule has 3 heterocycles. The predicted octanol–water partition coefficient (Wildman–Crippen LogP) is -1.93. The maximum Gasteiger partial charge on any atom is 0.325 e. The van der Waals surface area contributed by atoms with E-state index in [0.29, 0.717) is 13.1 Å². The number of imide groups is 1. The second-order valence-corrected chi connectivity index (χ2v) is 8.89. The van der Waals surface area contributed by atoms with Gasteiger partial charge in [-0.1, -0.05) is 0 Å². The number of hydrogen-bond donors (Lipinski definition) is 2. The van der Waals surface area contributed by atoms with E-state index in [4.69, 9.17) is 0 Å². The number of carbonyl (C=O) groups is 3. The van der Waals surface area contributed by atoms with Crippen LogP contribution in [0.4, 0.5) is 4.79 Å². The van der Waals surface area contributed by atoms with Crippen LogP contribution in [0.2, 0.25) is 0 Å². The zero-order chi connectivity index (χ0) is 21.2. The lowest BCUT2D eigenvalue weighted by atomic mass is 10.1. The predicted molar refractivity (Wildman–Crippen MR) is 107 cm³/mol. The molecule has 0 aromatic carbocycles. The van der Waals surface area contributed by atoms with Crippen LogP contribution < -0.4 is 5.32 Å². The fraction of sp³-hybridized carbons (Fsp3) is 0.842. The molecule has 10 nitrogen and oxygen atoms in total. The molecule has 0 radical (unpaired) electrons. The van der Waals surface area contributed by atoms with E-state index >= 15 is 0 Å². The van der Waals surface area contributed by atoms with Crippen LogP contribution in [-0.2, 0) is 9.59 Å². The molecular weight excluding hydrogens is 376 g/mol. The SMILES string of the molecule is CN1CCN(C(=O)CN2CCN(CC(O)CN3C(=O)NC(C)(C)C3=O)CC2)CC1. The van der Waals surface area contributed by atoms with Gasteiger partial charge in [-0.25, -0.2) is 4.79 Å². The van der Waals surface area contributed by atoms with Gasteiger partial charge in [0.25, 0.3) is 5.91 Å². The first-order chi connectivity index (χ1) is 13.7. The number of hydrogen-bond acceptors (Lipinski definition) is 7. The molecule has 0 saturated carbocycles. The van der Waals surface area contributed by atoms with Crippen LogP contribution >= 0.6 is 0 Å². The maximum atomic E-state index is 12.5. The molecule has 3 saturated heterocycles. The van der Waals surface area contributed by atoms with Crippen molar-refractivity contribution in [2.45, 2.75) is 25.5 Å². The van der Waals surface area contributed by atoms with Gasteiger partial charge < -0.3 is 20.2 Å². The Morgan fingerprint density at radius 3 is 2.14 bits per heavy atom. The Morgan fingerprint density at radius 1 is 1.00 bits per heavy atom. The van der Waals surface area contributed by atoms with Crippen molar-refractivity contribution in [3.63, 3.8) is 0 Å². The van der Waals surface area contributed by atoms with Crippen molar-refractivity contribution in [1.29, 1.82) is 0 Å². The molecule has 2 N–H and O–H groups in total. The first-order valence-corrected chi connectivity index (χ1v) is 10.4. The standard InChI is InChI=1S/C19H34N6O4/c1-19(2)17(28)25(18(29)20-19)13-15(26)12-22-6-8-23(9-7-22)14-16(27)24-10-4-21(3)5-11-24/h15,26H,4-14H2,1-3H3,(H,20,29). The van der Waals surface area contributed by atoms with Gasteiger partial charge in [-0.05, 0) is 20.9 Å². The minimum atomic E-state index is -0.918. The number of rotatable bonds is 6. The summed E-state index contributed by atoms with van der Waals surface area (Å²) in [7, 11) is 2.07. The van der Waals surface area contributed by atoms with Crippen LogP contribution in [0.25, 0.3) is 0 Å². The highest BCUT2D eigenvalue weighted by Crippen LogP contribution is 2.17. The second kappa shape index (κ2) is 8.95. The van der Waals surface area contributed by atoms with Crippen LogP contribution in [0, 0.1) is 0 Å². The van der Waals surface area contributed by atoms with Gasteiger partial charge in [0.2, 0.25) is 5.91 Å². The Kier molecular flexibility index (Phi) is 6.77. The number of piperazine rings is 2. The fourth-order valence-electron chi connectivity index (χ4n) is 4.03. The Hall–Kier alpha value is -1.75. The van der Waals surface area contributed by atoms with Crippen molar-refractivity contribution >= 4 is 17.8 Å². The van der Waals surface area contributed by atoms with E-state index in [1.165, 1.54) is 0 Å². The average Bonchev–Trinajstić information content (AvgIpc) is 2.85. The van der Waals surface area contributed by atoms with E-state index in [0.717, 1.165) is 57.3 Å². The minimum Gasteiger partial charge on any atom is -0.390 e. The molecule has 3 aliphatic heterocycles. The third-order valence-corrected chi connectivity index (χ3v) is 5.99. The Labute approximate surface area is 172 Å². The molecule has 1 unspecified atom stereocenters. The third kappa shape index (κ3) is 5.44. The van der Waals surface area contributed by atoms with Crippen molar-refractivity contribution in [1.82, 2.24) is 29.8 Å². The van der Waals surface area contributed by atoms with E-state index in [9.17, 15) is 19.5 Å². The quantitative estimate of drug-likeness (QED) is 0.492. The zero-order valence-electron chi connectivity index (χ0n) is 17.8. The van der Waals surface area contributed by atoms with Gasteiger partial charge in [-0.2, -0.15) is 0 Å². The summed E-state index contributed by atoms with van der Waals surface area (Å²) in [6.45, 7) is 10.6. The molecule has 3 aliphatic rings. The molecule has 0 aromatic heterocycles. The van der Waals surface area contributed by atoms with Crippen LogP contribution in [0.15, 0.2) is 0 Å². The highest BCUT2D eigenvalue weighted by molar-refractivity contribution is 6.06. The summed E-state index contributed by atoms with van der Waals surface area (Å²) in [5.74, 6) is -0.124. The first-order valence-electron chi connectivity index (χ1n) is 10.4. The van der Waals surface area contributed by atoms with Gasteiger partial charge in [0.15, 0.2) is 0 Å². The summed E-state index contributed by atoms with van der Waals surface area (Å²) < 4.78 is 0. The number of urea groups is 1. The molecule has 0 spiro atoms. The Morgan fingerprint density at radius 2 is 1.59 bits per heavy atom. The number of nitrogens with one attached hydrogen (secondary N) is 1. The van der Waals surface area contributed by atoms with E-state index in [1.807, 2.05) is 4.90 Å². The molecule has 0 aliphatic carbocycles. The van der Waals surface area contributed by atoms with Crippen LogP contribution in [-0.4, -0.2) is 138 Å². The summed E-state index contributed by atoms with van der Waals surface area (Å²) in [4.78, 5) is 46.2. The lowest BCUT2D eigenvalue weighted by Crippen LogP contribution is -2.54. The van der Waals surface area contributed by atoms with Crippen LogP contribution in [0.3, 0.4) is 0 Å². The largest absolute Gasteiger partial charge is 0.390 e. The van der Waals surface area contributed by atoms with E-state index in [2.05, 4.69) is 27.1 Å². The summed E-state index contributed by atoms with van der Waals surface area (Å²) in [6.07, 6.45) is -0.794. The third-order valence-electron chi connectivity index (χ3n) is 5.99. The molecule has 0 bridgehead atoms. The second-order valence-electron chi connectivity index (χ2n) is 8.89. The van der Waals surface area contributed by atoms with Gasteiger partial charge in [0.1, 0.15) is 5.54 Å². The molecule has 164 valence electrons. The van der Waals surface area contributed by atoms with Crippen LogP contribution in [0.5, 0.6) is 0 Å². The molecule has 10 heteroatoms. The fourth-order valence-corrected chi connectivity index (χ4v) is 4.03. The maximum absolute atomic E-state index is 12.5. The number of amides is 4. The van der Waals surface area contributed by atoms with Gasteiger partial charge in [0, 0.05) is 58.9 Å². The van der Waals surface area contributed by atoms with Gasteiger partial charge >= 0.3 is 6.03 Å². The number of nitrogens with zero attached hydrogens (tertiary/aromatic N) is 5. The monoisotopic (exact) mass is 410 g/mol. The molecule has 0 aromatic rings. The van der Waals surface area contributed by atoms with E-state index < -0.39 is 17.7 Å². The van der Waals surface area contributed by atoms with E-state index in [1.54, 1.807) is 13.8 Å². The number of aliphatic hydroxyl groups is 1. The van der Waals surface area contributed by atoms with Gasteiger partial charge in [-0.3, -0.25) is 24.3 Å². The lowest BCUT2D eigenvalue weighted by Gasteiger charge is -2.37. The van der Waals surface area contributed by atoms with Crippen molar-refractivity contribution in [3.8, 4) is 0 Å². The van der Waals surface area contributed by atoms with Gasteiger partial charge in [-0.15, -0.1) is 0 Å². The average molecular weight is 411 g/mol. The lowest BCUT2D eigenvalue weighted by molar-refractivity contribution is -0.134. The summed E-state index contributed by atoms with van der Waals surface area (Å²) in [5.41, 5.74) is -0.918. The van der Waals surface area contributed by atoms with Crippen molar-refractivity contribution in [2.75, 3.05) is 79.0 Å². The Bertz CT molecular complexity index is 626. The summed E-state index contributed by atoms with van der Waals surface area (Å²) in [6, 6.07) is -0.453. The molecular formula is C19H34N6O4. The summed E-state index contributed by atoms with van der Waals surface area (Å²) >= 11 is 0. The first kappa shape index (κ1) is 21.9. The molecule has 1 atom stereocenters. The molecule has 4 amide bonds. The van der Waals surface area contributed by atoms with Crippen molar-refractivity contribution in [3.05, 3.63) is 0 Å². The number of carbonyl (C=O) groups excluding carboxylic acids is 3. The number of aliphatic hydroxyl groups excluding tert-OH is 1. The highest BCUT2D eigenvalue weighted by Gasteiger charge is 2.44. The molecule has 3 rings (SSSR count). The summed E-state index contributed by atoms with van der Waals surface area (Å²) in [5, 5.41) is 13.0. The normalized spacial score (nSPS) is 25.4. The van der Waals surface area contributed by atoms with Crippen LogP contribution in [0.1, 0.15) is 13.8 Å². The topological polar surface area (TPSA) is 99.7 Å². The smallest absolute Gasteiger partial charge is 0.325 e. The minimum absolute atomic E-state index is 0.00377. The number of β-amino-alcohol motifs (C(OH)–C–C–N with tert-alkyl or cyclic N) is 1. The highest BCUT2D eigenvalue weighted by atomic mass is 16.3. The zero-order valence-corrected chi connectivity index (χ0v) is 17.8.